The third-order valence-corrected chi connectivity index (χ3v) is 4.98. The number of benzene rings is 1. The summed E-state index contributed by atoms with van der Waals surface area (Å²) in [5, 5.41) is 10.2. The first kappa shape index (κ1) is 18.2. The summed E-state index contributed by atoms with van der Waals surface area (Å²) in [7, 11) is -3.75. The van der Waals surface area contributed by atoms with E-state index in [4.69, 9.17) is 4.74 Å². The second-order valence-corrected chi connectivity index (χ2v) is 7.42. The average molecular weight is 353 g/mol. The maximum Gasteiger partial charge on any atom is 0.416 e. The molecule has 1 fully saturated rings. The van der Waals surface area contributed by atoms with Crippen LogP contribution in [0.4, 0.5) is 13.2 Å². The molecule has 0 aromatic heterocycles. The van der Waals surface area contributed by atoms with Crippen LogP contribution in [-0.2, 0) is 26.7 Å². The maximum atomic E-state index is 12.5. The first-order valence-electron chi connectivity index (χ1n) is 7.03. The zero-order valence-electron chi connectivity index (χ0n) is 12.3. The molecule has 0 atom stereocenters. The Kier molecular flexibility index (Phi) is 5.34. The first-order valence-corrected chi connectivity index (χ1v) is 8.69. The van der Waals surface area contributed by atoms with E-state index in [1.54, 1.807) is 0 Å². The van der Waals surface area contributed by atoms with Crippen LogP contribution in [0.1, 0.15) is 24.0 Å². The Hall–Kier alpha value is -1.16. The molecule has 1 aliphatic heterocycles. The molecule has 0 radical (unpaired) electrons. The number of alkyl halides is 3. The minimum absolute atomic E-state index is 0.140. The molecule has 0 spiro atoms. The lowest BCUT2D eigenvalue weighted by molar-refractivity contribution is -0.137. The summed E-state index contributed by atoms with van der Waals surface area (Å²) in [5.41, 5.74) is -1.74. The third kappa shape index (κ3) is 5.45. The van der Waals surface area contributed by atoms with E-state index in [1.807, 2.05) is 0 Å². The van der Waals surface area contributed by atoms with Gasteiger partial charge in [-0.1, -0.05) is 12.1 Å². The number of hydrogen-bond acceptors (Lipinski definition) is 4. The third-order valence-electron chi connectivity index (χ3n) is 3.68. The van der Waals surface area contributed by atoms with Gasteiger partial charge in [0.05, 0.1) is 16.9 Å². The van der Waals surface area contributed by atoms with Gasteiger partial charge in [-0.15, -0.1) is 0 Å². The van der Waals surface area contributed by atoms with Crippen LogP contribution >= 0.6 is 0 Å². The number of hydrogen-bond donors (Lipinski definition) is 2. The lowest BCUT2D eigenvalue weighted by atomic mass is 9.95. The van der Waals surface area contributed by atoms with E-state index in [2.05, 4.69) is 4.72 Å². The molecule has 0 saturated carbocycles. The minimum atomic E-state index is -4.46. The van der Waals surface area contributed by atoms with Gasteiger partial charge >= 0.3 is 6.18 Å². The van der Waals surface area contributed by atoms with Crippen LogP contribution in [0.2, 0.25) is 0 Å². The van der Waals surface area contributed by atoms with Gasteiger partial charge in [-0.05, 0) is 17.7 Å². The summed E-state index contributed by atoms with van der Waals surface area (Å²) in [6.45, 7) is 0.577. The molecule has 1 aromatic carbocycles. The summed E-state index contributed by atoms with van der Waals surface area (Å²) >= 11 is 0. The van der Waals surface area contributed by atoms with Crippen LogP contribution in [0, 0.1) is 0 Å². The highest BCUT2D eigenvalue weighted by molar-refractivity contribution is 7.88. The molecule has 1 saturated heterocycles. The van der Waals surface area contributed by atoms with Crippen LogP contribution in [0.5, 0.6) is 0 Å². The van der Waals surface area contributed by atoms with Crippen LogP contribution < -0.4 is 4.72 Å². The molecular weight excluding hydrogens is 335 g/mol. The molecule has 0 unspecified atom stereocenters. The highest BCUT2D eigenvalue weighted by atomic mass is 32.2. The number of sulfonamides is 1. The van der Waals surface area contributed by atoms with Crippen molar-refractivity contribution in [2.24, 2.45) is 0 Å². The minimum Gasteiger partial charge on any atom is -0.388 e. The predicted molar refractivity (Wildman–Crippen MR) is 77.1 cm³/mol. The molecule has 2 rings (SSSR count). The molecule has 23 heavy (non-hydrogen) atoms. The fourth-order valence-corrected chi connectivity index (χ4v) is 3.45. The molecule has 2 N–H and O–H groups in total. The highest BCUT2D eigenvalue weighted by Crippen LogP contribution is 2.29. The Morgan fingerprint density at radius 3 is 2.26 bits per heavy atom. The van der Waals surface area contributed by atoms with Crippen molar-refractivity contribution in [1.29, 1.82) is 0 Å². The topological polar surface area (TPSA) is 75.6 Å². The molecular formula is C14H18F3NO4S. The fourth-order valence-electron chi connectivity index (χ4n) is 2.23. The Morgan fingerprint density at radius 2 is 1.74 bits per heavy atom. The zero-order chi connectivity index (χ0) is 17.1. The van der Waals surface area contributed by atoms with Crippen molar-refractivity contribution < 1.29 is 31.4 Å². The van der Waals surface area contributed by atoms with E-state index in [0.29, 0.717) is 26.1 Å². The van der Waals surface area contributed by atoms with Gasteiger partial charge in [-0.25, -0.2) is 13.1 Å². The number of ether oxygens (including phenoxy) is 1. The quantitative estimate of drug-likeness (QED) is 0.844. The van der Waals surface area contributed by atoms with Crippen molar-refractivity contribution in [3.63, 3.8) is 0 Å². The average Bonchev–Trinajstić information content (AvgIpc) is 2.46. The summed E-state index contributed by atoms with van der Waals surface area (Å²) in [6.07, 6.45) is -3.80. The van der Waals surface area contributed by atoms with E-state index in [9.17, 15) is 26.7 Å². The summed E-state index contributed by atoms with van der Waals surface area (Å²) in [6, 6.07) is 3.95. The van der Waals surface area contributed by atoms with Crippen molar-refractivity contribution in [3.05, 3.63) is 35.4 Å². The fraction of sp³-hybridized carbons (Fsp3) is 0.571. The van der Waals surface area contributed by atoms with Gasteiger partial charge in [-0.2, -0.15) is 13.2 Å². The van der Waals surface area contributed by atoms with Crippen molar-refractivity contribution in [3.8, 4) is 0 Å². The summed E-state index contributed by atoms with van der Waals surface area (Å²) in [4.78, 5) is 0. The highest BCUT2D eigenvalue weighted by Gasteiger charge is 2.32. The number of nitrogens with one attached hydrogen (secondary N) is 1. The monoisotopic (exact) mass is 353 g/mol. The molecule has 9 heteroatoms. The smallest absolute Gasteiger partial charge is 0.388 e. The Morgan fingerprint density at radius 1 is 1.17 bits per heavy atom. The molecule has 130 valence electrons. The van der Waals surface area contributed by atoms with Crippen molar-refractivity contribution in [2.45, 2.75) is 30.4 Å². The SMILES string of the molecule is O=S(=O)(Cc1ccc(C(F)(F)F)cc1)NCC1(O)CCOCC1. The second-order valence-electron chi connectivity index (χ2n) is 5.61. The molecule has 5 nitrogen and oxygen atoms in total. The lowest BCUT2D eigenvalue weighted by Gasteiger charge is -2.31. The molecule has 0 aliphatic carbocycles. The van der Waals surface area contributed by atoms with Gasteiger partial charge in [0.25, 0.3) is 0 Å². The van der Waals surface area contributed by atoms with Crippen molar-refractivity contribution >= 4 is 10.0 Å². The van der Waals surface area contributed by atoms with E-state index in [0.717, 1.165) is 24.3 Å². The molecule has 0 bridgehead atoms. The largest absolute Gasteiger partial charge is 0.416 e. The van der Waals surface area contributed by atoms with E-state index >= 15 is 0 Å². The number of halogens is 3. The van der Waals surface area contributed by atoms with Gasteiger partial charge in [-0.3, -0.25) is 0 Å². The summed E-state index contributed by atoms with van der Waals surface area (Å²) in [5.74, 6) is -0.447. The van der Waals surface area contributed by atoms with Crippen LogP contribution in [-0.4, -0.2) is 38.9 Å². The van der Waals surface area contributed by atoms with Gasteiger partial charge in [0.2, 0.25) is 10.0 Å². The van der Waals surface area contributed by atoms with E-state index in [1.165, 1.54) is 0 Å². The molecule has 1 aliphatic rings. The first-order chi connectivity index (χ1) is 10.6. The second kappa shape index (κ2) is 6.76. The van der Waals surface area contributed by atoms with Gasteiger partial charge in [0.15, 0.2) is 0 Å². The molecule has 1 heterocycles. The number of aliphatic hydroxyl groups is 1. The zero-order valence-corrected chi connectivity index (χ0v) is 13.1. The maximum absolute atomic E-state index is 12.5. The number of rotatable bonds is 5. The van der Waals surface area contributed by atoms with Crippen LogP contribution in [0.3, 0.4) is 0 Å². The normalized spacial score (nSPS) is 18.8. The van der Waals surface area contributed by atoms with E-state index < -0.39 is 33.1 Å². The Labute approximate surface area is 132 Å². The summed E-state index contributed by atoms with van der Waals surface area (Å²) < 4.78 is 68.8. The predicted octanol–water partition coefficient (Wildman–Crippen LogP) is 1.67. The van der Waals surface area contributed by atoms with Gasteiger partial charge < -0.3 is 9.84 Å². The van der Waals surface area contributed by atoms with Crippen molar-refractivity contribution in [2.75, 3.05) is 19.8 Å². The van der Waals surface area contributed by atoms with E-state index in [-0.39, 0.29) is 12.1 Å². The van der Waals surface area contributed by atoms with Crippen LogP contribution in [0.25, 0.3) is 0 Å². The van der Waals surface area contributed by atoms with Gasteiger partial charge in [0.1, 0.15) is 0 Å². The van der Waals surface area contributed by atoms with Crippen molar-refractivity contribution in [1.82, 2.24) is 4.72 Å². The standard InChI is InChI=1S/C14H18F3NO4S/c15-14(16,17)12-3-1-11(2-4-12)9-23(20,21)18-10-13(19)5-7-22-8-6-13/h1-4,18-19H,5-10H2. The van der Waals surface area contributed by atoms with Gasteiger partial charge in [0, 0.05) is 32.6 Å². The molecule has 0 amide bonds. The molecule has 1 aromatic rings. The Bertz CT molecular complexity index is 622. The Balaban J connectivity index is 1.95. The lowest BCUT2D eigenvalue weighted by Crippen LogP contribution is -2.46. The van der Waals surface area contributed by atoms with Crippen LogP contribution in [0.15, 0.2) is 24.3 Å².